The highest BCUT2D eigenvalue weighted by Crippen LogP contribution is 2.28. The Morgan fingerprint density at radius 2 is 1.89 bits per heavy atom. The van der Waals surface area contributed by atoms with Gasteiger partial charge >= 0.3 is 17.9 Å². The maximum absolute atomic E-state index is 12.0. The maximum Gasteiger partial charge on any atom is 0.360 e. The lowest BCUT2D eigenvalue weighted by molar-refractivity contribution is -0.222. The number of hydrogen-bond acceptors (Lipinski definition) is 9. The van der Waals surface area contributed by atoms with Crippen molar-refractivity contribution in [3.8, 4) is 11.5 Å². The van der Waals surface area contributed by atoms with Crippen LogP contribution in [0.2, 0.25) is 0 Å². The molecule has 0 aliphatic carbocycles. The topological polar surface area (TPSA) is 117 Å². The van der Waals surface area contributed by atoms with Crippen molar-refractivity contribution in [3.63, 3.8) is 0 Å². The monoisotopic (exact) mass is 386 g/mol. The number of carbonyl (C=O) groups is 3. The first-order valence-corrected chi connectivity index (χ1v) is 8.46. The smallest absolute Gasteiger partial charge is 0.360 e. The van der Waals surface area contributed by atoms with Crippen LogP contribution in [0.5, 0.6) is 0 Å². The van der Waals surface area contributed by atoms with Gasteiger partial charge in [0.2, 0.25) is 5.89 Å². The molecule has 1 aromatic heterocycles. The quantitative estimate of drug-likeness (QED) is 0.470. The second kappa shape index (κ2) is 7.55. The molecule has 1 aliphatic heterocycles. The molecule has 0 saturated carbocycles. The lowest BCUT2D eigenvalue weighted by Gasteiger charge is -2.29. The molecule has 0 unspecified atom stereocenters. The Bertz CT molecular complexity index is 937. The largest absolute Gasteiger partial charge is 0.461 e. The predicted octanol–water partition coefficient (Wildman–Crippen LogP) is 2.65. The zero-order valence-electron chi connectivity index (χ0n) is 15.5. The molecule has 3 rings (SSSR count). The van der Waals surface area contributed by atoms with Gasteiger partial charge in [-0.05, 0) is 19.1 Å². The molecule has 0 atom stereocenters. The summed E-state index contributed by atoms with van der Waals surface area (Å²) in [5.74, 6) is -3.34. The Hall–Kier alpha value is -3.62. The van der Waals surface area contributed by atoms with Gasteiger partial charge in [-0.3, -0.25) is 0 Å². The number of para-hydroxylation sites is 1. The first-order chi connectivity index (χ1) is 13.3. The molecule has 2 aromatic rings. The summed E-state index contributed by atoms with van der Waals surface area (Å²) < 4.78 is 20.3. The van der Waals surface area contributed by atoms with E-state index in [1.807, 2.05) is 0 Å². The van der Waals surface area contributed by atoms with Crippen molar-refractivity contribution in [1.82, 2.24) is 4.98 Å². The number of cyclic esters (lactones) is 2. The van der Waals surface area contributed by atoms with E-state index in [0.29, 0.717) is 11.3 Å². The van der Waals surface area contributed by atoms with Crippen molar-refractivity contribution >= 4 is 23.6 Å². The Kier molecular flexibility index (Phi) is 5.16. The van der Waals surface area contributed by atoms with Crippen LogP contribution >= 0.6 is 0 Å². The number of oxazole rings is 1. The van der Waals surface area contributed by atoms with Crippen molar-refractivity contribution in [3.05, 3.63) is 48.0 Å². The minimum atomic E-state index is -1.31. The number of carbonyl (C=O) groups excluding carboxylic acids is 3. The average Bonchev–Trinajstić information content (AvgIpc) is 3.10. The van der Waals surface area contributed by atoms with Gasteiger partial charge in [0.1, 0.15) is 6.26 Å². The van der Waals surface area contributed by atoms with Gasteiger partial charge in [-0.1, -0.05) is 12.1 Å². The van der Waals surface area contributed by atoms with Crippen molar-refractivity contribution in [1.29, 1.82) is 0 Å². The molecule has 0 bridgehead atoms. The number of ether oxygens (including phenoxy) is 3. The van der Waals surface area contributed by atoms with Gasteiger partial charge in [-0.25, -0.2) is 19.4 Å². The first kappa shape index (κ1) is 19.2. The van der Waals surface area contributed by atoms with E-state index in [-0.39, 0.29) is 23.8 Å². The highest BCUT2D eigenvalue weighted by Gasteiger charge is 2.39. The molecular weight excluding hydrogens is 368 g/mol. The third-order valence-corrected chi connectivity index (χ3v) is 3.64. The lowest BCUT2D eigenvalue weighted by atomic mass is 10.1. The summed E-state index contributed by atoms with van der Waals surface area (Å²) in [4.78, 5) is 39.9. The molecule has 1 aliphatic rings. The van der Waals surface area contributed by atoms with Gasteiger partial charge in [0.15, 0.2) is 11.3 Å². The number of anilines is 1. The standard InChI is InChI=1S/C19H18N2O7/c1-4-25-18(24)14-10-26-15(21-14)11-7-5-6-8-13(11)20-9-12-16(22)27-19(2,3)28-17(12)23/h5-10,20H,4H2,1-3H3. The van der Waals surface area contributed by atoms with Gasteiger partial charge in [0, 0.05) is 20.0 Å². The Morgan fingerprint density at radius 1 is 1.21 bits per heavy atom. The number of esters is 3. The molecule has 2 heterocycles. The minimum Gasteiger partial charge on any atom is -0.461 e. The van der Waals surface area contributed by atoms with Crippen LogP contribution in [0, 0.1) is 0 Å². The maximum atomic E-state index is 12.0. The third kappa shape index (κ3) is 4.03. The Balaban J connectivity index is 1.85. The first-order valence-electron chi connectivity index (χ1n) is 8.46. The second-order valence-corrected chi connectivity index (χ2v) is 6.19. The Labute approximate surface area is 160 Å². The van der Waals surface area contributed by atoms with E-state index in [9.17, 15) is 14.4 Å². The fourth-order valence-corrected chi connectivity index (χ4v) is 2.42. The van der Waals surface area contributed by atoms with Crippen LogP contribution in [0.4, 0.5) is 5.69 Å². The van der Waals surface area contributed by atoms with Crippen molar-refractivity contribution in [2.45, 2.75) is 26.6 Å². The molecule has 0 radical (unpaired) electrons. The van der Waals surface area contributed by atoms with Crippen LogP contribution in [0.25, 0.3) is 11.5 Å². The summed E-state index contributed by atoms with van der Waals surface area (Å²) in [5.41, 5.74) is 0.742. The second-order valence-electron chi connectivity index (χ2n) is 6.19. The zero-order chi connectivity index (χ0) is 20.3. The molecule has 1 fully saturated rings. The predicted molar refractivity (Wildman–Crippen MR) is 95.9 cm³/mol. The van der Waals surface area contributed by atoms with E-state index in [1.165, 1.54) is 26.3 Å². The average molecular weight is 386 g/mol. The number of rotatable bonds is 5. The van der Waals surface area contributed by atoms with Crippen LogP contribution in [-0.4, -0.2) is 35.3 Å². The molecule has 1 N–H and O–H groups in total. The minimum absolute atomic E-state index is 0.0340. The molecule has 0 amide bonds. The van der Waals surface area contributed by atoms with Crippen LogP contribution in [-0.2, 0) is 23.8 Å². The van der Waals surface area contributed by atoms with Gasteiger partial charge in [0.05, 0.1) is 17.9 Å². The molecule has 28 heavy (non-hydrogen) atoms. The SMILES string of the molecule is CCOC(=O)c1coc(-c2ccccc2NC=C2C(=O)OC(C)(C)OC2=O)n1. The molecule has 1 aromatic carbocycles. The van der Waals surface area contributed by atoms with Crippen molar-refractivity contribution in [2.75, 3.05) is 11.9 Å². The van der Waals surface area contributed by atoms with E-state index in [2.05, 4.69) is 10.3 Å². The highest BCUT2D eigenvalue weighted by atomic mass is 16.7. The number of benzene rings is 1. The number of aromatic nitrogens is 1. The summed E-state index contributed by atoms with van der Waals surface area (Å²) in [5, 5.41) is 2.85. The van der Waals surface area contributed by atoms with Gasteiger partial charge in [0.25, 0.3) is 5.79 Å². The highest BCUT2D eigenvalue weighted by molar-refractivity contribution is 6.15. The number of nitrogens with zero attached hydrogens (tertiary/aromatic N) is 1. The van der Waals surface area contributed by atoms with Gasteiger partial charge < -0.3 is 23.9 Å². The van der Waals surface area contributed by atoms with Crippen LogP contribution in [0.15, 0.2) is 46.7 Å². The van der Waals surface area contributed by atoms with E-state index < -0.39 is 23.7 Å². The summed E-state index contributed by atoms with van der Waals surface area (Å²) in [6, 6.07) is 6.86. The third-order valence-electron chi connectivity index (χ3n) is 3.64. The molecule has 146 valence electrons. The van der Waals surface area contributed by atoms with Crippen molar-refractivity contribution in [2.24, 2.45) is 0 Å². The van der Waals surface area contributed by atoms with Gasteiger partial charge in [-0.2, -0.15) is 0 Å². The fraction of sp³-hybridized carbons (Fsp3) is 0.263. The van der Waals surface area contributed by atoms with E-state index >= 15 is 0 Å². The van der Waals surface area contributed by atoms with Crippen LogP contribution in [0.1, 0.15) is 31.3 Å². The summed E-state index contributed by atoms with van der Waals surface area (Å²) >= 11 is 0. The summed E-state index contributed by atoms with van der Waals surface area (Å²) in [6.07, 6.45) is 2.38. The summed E-state index contributed by atoms with van der Waals surface area (Å²) in [7, 11) is 0. The zero-order valence-corrected chi connectivity index (χ0v) is 15.5. The van der Waals surface area contributed by atoms with E-state index in [1.54, 1.807) is 31.2 Å². The van der Waals surface area contributed by atoms with Crippen molar-refractivity contribution < 1.29 is 33.0 Å². The normalized spacial score (nSPS) is 15.5. The number of hydrogen-bond donors (Lipinski definition) is 1. The molecule has 1 saturated heterocycles. The van der Waals surface area contributed by atoms with E-state index in [0.717, 1.165) is 0 Å². The van der Waals surface area contributed by atoms with Gasteiger partial charge in [-0.15, -0.1) is 0 Å². The molecule has 0 spiro atoms. The molecule has 9 heteroatoms. The Morgan fingerprint density at radius 3 is 2.57 bits per heavy atom. The fourth-order valence-electron chi connectivity index (χ4n) is 2.42. The molecule has 9 nitrogen and oxygen atoms in total. The lowest BCUT2D eigenvalue weighted by Crippen LogP contribution is -2.42. The van der Waals surface area contributed by atoms with Crippen LogP contribution in [0.3, 0.4) is 0 Å². The molecular formula is C19H18N2O7. The summed E-state index contributed by atoms with van der Waals surface area (Å²) in [6.45, 7) is 4.84. The van der Waals surface area contributed by atoms with Crippen LogP contribution < -0.4 is 5.32 Å². The number of nitrogens with one attached hydrogen (secondary N) is 1. The van der Waals surface area contributed by atoms with E-state index in [4.69, 9.17) is 18.6 Å².